The summed E-state index contributed by atoms with van der Waals surface area (Å²) in [6, 6.07) is 12.0. The van der Waals surface area contributed by atoms with Gasteiger partial charge in [-0.05, 0) is 35.8 Å². The molecule has 5 nitrogen and oxygen atoms in total. The summed E-state index contributed by atoms with van der Waals surface area (Å²) in [7, 11) is 0. The minimum atomic E-state index is 0.0443. The van der Waals surface area contributed by atoms with Gasteiger partial charge in [-0.3, -0.25) is 14.2 Å². The van der Waals surface area contributed by atoms with Crippen LogP contribution in [0.1, 0.15) is 37.7 Å². The van der Waals surface area contributed by atoms with Crippen LogP contribution in [0.5, 0.6) is 0 Å². The summed E-state index contributed by atoms with van der Waals surface area (Å²) < 4.78 is 2.57. The van der Waals surface area contributed by atoms with Crippen molar-refractivity contribution in [3.05, 3.63) is 57.7 Å². The maximum absolute atomic E-state index is 13.3. The standard InChI is InChI=1S/C24H27N3O2S2/c28-21-12-19(14-26(21)13-17-6-2-1-3-7-17)15-27-23(29)22-20(10-11-30-22)25-24(27)31-16-18-8-4-5-9-18/h1-3,6-7,10-11,18-19H,4-5,8-9,12-16H2. The summed E-state index contributed by atoms with van der Waals surface area (Å²) >= 11 is 3.18. The maximum atomic E-state index is 13.3. The Morgan fingerprint density at radius 2 is 1.87 bits per heavy atom. The largest absolute Gasteiger partial charge is 0.338 e. The van der Waals surface area contributed by atoms with Crippen LogP contribution in [-0.4, -0.2) is 32.7 Å². The summed E-state index contributed by atoms with van der Waals surface area (Å²) in [5, 5.41) is 2.76. The van der Waals surface area contributed by atoms with Crippen LogP contribution in [0.4, 0.5) is 0 Å². The van der Waals surface area contributed by atoms with E-state index in [1.165, 1.54) is 37.0 Å². The van der Waals surface area contributed by atoms with E-state index in [1.807, 2.05) is 39.1 Å². The number of rotatable bonds is 7. The van der Waals surface area contributed by atoms with Crippen LogP contribution in [0.2, 0.25) is 0 Å². The van der Waals surface area contributed by atoms with E-state index in [-0.39, 0.29) is 17.4 Å². The molecule has 0 bridgehead atoms. The van der Waals surface area contributed by atoms with Gasteiger partial charge in [0.15, 0.2) is 5.16 Å². The SMILES string of the molecule is O=C1CC(Cn2c(SCC3CCCC3)nc3ccsc3c2=O)CN1Cc1ccccc1. The average Bonchev–Trinajstić information content (AvgIpc) is 3.52. The molecule has 0 radical (unpaired) electrons. The third-order valence-corrected chi connectivity index (χ3v) is 8.50. The molecule has 5 rings (SSSR count). The highest BCUT2D eigenvalue weighted by Crippen LogP contribution is 2.31. The number of thioether (sulfide) groups is 1. The van der Waals surface area contributed by atoms with Crippen molar-refractivity contribution >= 4 is 39.2 Å². The molecule has 31 heavy (non-hydrogen) atoms. The van der Waals surface area contributed by atoms with Gasteiger partial charge in [-0.15, -0.1) is 11.3 Å². The molecule has 7 heteroatoms. The molecule has 1 atom stereocenters. The topological polar surface area (TPSA) is 55.2 Å². The van der Waals surface area contributed by atoms with Crippen LogP contribution in [-0.2, 0) is 17.9 Å². The van der Waals surface area contributed by atoms with Gasteiger partial charge in [-0.2, -0.15) is 0 Å². The lowest BCUT2D eigenvalue weighted by atomic mass is 10.1. The Morgan fingerprint density at radius 3 is 2.68 bits per heavy atom. The predicted molar refractivity (Wildman–Crippen MR) is 127 cm³/mol. The monoisotopic (exact) mass is 453 g/mol. The van der Waals surface area contributed by atoms with Gasteiger partial charge in [0.2, 0.25) is 5.91 Å². The molecular weight excluding hydrogens is 426 g/mol. The Balaban J connectivity index is 1.35. The summed E-state index contributed by atoms with van der Waals surface area (Å²) in [5.74, 6) is 2.06. The van der Waals surface area contributed by atoms with E-state index in [0.717, 1.165) is 32.6 Å². The number of carbonyl (C=O) groups is 1. The lowest BCUT2D eigenvalue weighted by molar-refractivity contribution is -0.128. The molecular formula is C24H27N3O2S2. The molecule has 1 unspecified atom stereocenters. The summed E-state index contributed by atoms with van der Waals surface area (Å²) in [6.45, 7) is 1.88. The van der Waals surface area contributed by atoms with Crippen molar-refractivity contribution in [2.75, 3.05) is 12.3 Å². The molecule has 162 valence electrons. The quantitative estimate of drug-likeness (QED) is 0.381. The number of carbonyl (C=O) groups excluding carboxylic acids is 1. The van der Waals surface area contributed by atoms with Crippen molar-refractivity contribution < 1.29 is 4.79 Å². The maximum Gasteiger partial charge on any atom is 0.272 e. The number of benzene rings is 1. The molecule has 1 aliphatic carbocycles. The van der Waals surface area contributed by atoms with Gasteiger partial charge in [-0.1, -0.05) is 54.9 Å². The predicted octanol–water partition coefficient (Wildman–Crippen LogP) is 4.79. The zero-order valence-electron chi connectivity index (χ0n) is 17.5. The highest BCUT2D eigenvalue weighted by Gasteiger charge is 2.31. The highest BCUT2D eigenvalue weighted by atomic mass is 32.2. The molecule has 1 aliphatic heterocycles. The minimum absolute atomic E-state index is 0.0443. The normalized spacial score (nSPS) is 19.7. The first-order valence-corrected chi connectivity index (χ1v) is 13.0. The fourth-order valence-corrected chi connectivity index (χ4v) is 6.73. The molecule has 0 spiro atoms. The zero-order chi connectivity index (χ0) is 21.2. The van der Waals surface area contributed by atoms with Gasteiger partial charge in [0.25, 0.3) is 5.56 Å². The van der Waals surface area contributed by atoms with E-state index < -0.39 is 0 Å². The van der Waals surface area contributed by atoms with Crippen molar-refractivity contribution in [1.29, 1.82) is 0 Å². The van der Waals surface area contributed by atoms with Crippen LogP contribution < -0.4 is 5.56 Å². The van der Waals surface area contributed by atoms with E-state index in [9.17, 15) is 9.59 Å². The lowest BCUT2D eigenvalue weighted by Crippen LogP contribution is -2.28. The van der Waals surface area contributed by atoms with Gasteiger partial charge < -0.3 is 4.90 Å². The van der Waals surface area contributed by atoms with Crippen LogP contribution in [0.25, 0.3) is 10.2 Å². The Labute approximate surface area is 190 Å². The number of aromatic nitrogens is 2. The molecule has 1 saturated heterocycles. The first kappa shape index (κ1) is 20.8. The Bertz CT molecular complexity index is 1120. The second kappa shape index (κ2) is 9.17. The second-order valence-electron chi connectivity index (χ2n) is 8.74. The number of amides is 1. The molecule has 0 N–H and O–H groups in total. The number of hydrogen-bond donors (Lipinski definition) is 0. The Hall–Kier alpha value is -2.12. The van der Waals surface area contributed by atoms with Crippen LogP contribution in [0, 0.1) is 11.8 Å². The molecule has 1 aromatic carbocycles. The molecule has 3 aromatic rings. The average molecular weight is 454 g/mol. The van der Waals surface area contributed by atoms with E-state index in [0.29, 0.717) is 26.1 Å². The smallest absolute Gasteiger partial charge is 0.272 e. The summed E-state index contributed by atoms with van der Waals surface area (Å²) in [5.41, 5.74) is 1.99. The van der Waals surface area contributed by atoms with Crippen molar-refractivity contribution in [3.63, 3.8) is 0 Å². The molecule has 2 aromatic heterocycles. The fourth-order valence-electron chi connectivity index (χ4n) is 4.76. The Morgan fingerprint density at radius 1 is 1.06 bits per heavy atom. The third kappa shape index (κ3) is 4.58. The van der Waals surface area contributed by atoms with Gasteiger partial charge in [0, 0.05) is 37.7 Å². The van der Waals surface area contributed by atoms with Crippen molar-refractivity contribution in [2.24, 2.45) is 11.8 Å². The third-order valence-electron chi connectivity index (χ3n) is 6.41. The fraction of sp³-hybridized carbons (Fsp3) is 0.458. The van der Waals surface area contributed by atoms with Crippen LogP contribution in [0.3, 0.4) is 0 Å². The van der Waals surface area contributed by atoms with E-state index in [4.69, 9.17) is 4.98 Å². The van der Waals surface area contributed by atoms with E-state index in [2.05, 4.69) is 12.1 Å². The van der Waals surface area contributed by atoms with E-state index >= 15 is 0 Å². The Kier molecular flexibility index (Phi) is 6.14. The summed E-state index contributed by atoms with van der Waals surface area (Å²) in [4.78, 5) is 32.7. The molecule has 2 fully saturated rings. The van der Waals surface area contributed by atoms with Crippen molar-refractivity contribution in [1.82, 2.24) is 14.5 Å². The zero-order valence-corrected chi connectivity index (χ0v) is 19.2. The van der Waals surface area contributed by atoms with Crippen molar-refractivity contribution in [3.8, 4) is 0 Å². The molecule has 1 amide bonds. The number of hydrogen-bond acceptors (Lipinski definition) is 5. The van der Waals surface area contributed by atoms with E-state index in [1.54, 1.807) is 11.8 Å². The molecule has 1 saturated carbocycles. The minimum Gasteiger partial charge on any atom is -0.338 e. The van der Waals surface area contributed by atoms with Gasteiger partial charge in [0.1, 0.15) is 4.70 Å². The highest BCUT2D eigenvalue weighted by molar-refractivity contribution is 7.99. The first-order chi connectivity index (χ1) is 15.2. The first-order valence-electron chi connectivity index (χ1n) is 11.1. The van der Waals surface area contributed by atoms with Gasteiger partial charge in [-0.25, -0.2) is 4.98 Å². The number of fused-ring (bicyclic) bond motifs is 1. The van der Waals surface area contributed by atoms with Gasteiger partial charge in [0.05, 0.1) is 5.52 Å². The second-order valence-corrected chi connectivity index (χ2v) is 10.6. The molecule has 3 heterocycles. The van der Waals surface area contributed by atoms with Crippen LogP contribution in [0.15, 0.2) is 51.7 Å². The molecule has 2 aliphatic rings. The lowest BCUT2D eigenvalue weighted by Gasteiger charge is -2.18. The van der Waals surface area contributed by atoms with Crippen molar-refractivity contribution in [2.45, 2.75) is 50.4 Å². The number of thiophene rings is 1. The van der Waals surface area contributed by atoms with Crippen LogP contribution >= 0.6 is 23.1 Å². The van der Waals surface area contributed by atoms with Gasteiger partial charge >= 0.3 is 0 Å². The summed E-state index contributed by atoms with van der Waals surface area (Å²) in [6.07, 6.45) is 5.69. The number of nitrogens with zero attached hydrogens (tertiary/aromatic N) is 3. The number of likely N-dealkylation sites (tertiary alicyclic amines) is 1.